The fraction of sp³-hybridized carbons (Fsp3) is 1.00. The van der Waals surface area contributed by atoms with Crippen LogP contribution >= 0.6 is 0 Å². The number of hydrogen-bond acceptors (Lipinski definition) is 2. The van der Waals surface area contributed by atoms with Crippen molar-refractivity contribution in [2.45, 2.75) is 59.9 Å². The average Bonchev–Trinajstić information content (AvgIpc) is 2.06. The van der Waals surface area contributed by atoms with Crippen molar-refractivity contribution < 1.29 is 4.74 Å². The molecule has 2 aliphatic rings. The molecule has 0 radical (unpaired) electrons. The highest BCUT2D eigenvalue weighted by Crippen LogP contribution is 2.45. The van der Waals surface area contributed by atoms with Crippen LogP contribution in [0.3, 0.4) is 0 Å². The molecule has 17 heavy (non-hydrogen) atoms. The van der Waals surface area contributed by atoms with Crippen LogP contribution in [0.1, 0.15) is 53.9 Å². The van der Waals surface area contributed by atoms with Crippen LogP contribution in [0, 0.1) is 16.2 Å². The molecule has 2 fully saturated rings. The molecule has 1 saturated carbocycles. The van der Waals surface area contributed by atoms with Crippen molar-refractivity contribution in [3.63, 3.8) is 0 Å². The predicted octanol–water partition coefficient (Wildman–Crippen LogP) is 3.22. The zero-order chi connectivity index (χ0) is 12.7. The van der Waals surface area contributed by atoms with Crippen LogP contribution in [0.4, 0.5) is 0 Å². The molecule has 0 spiro atoms. The van der Waals surface area contributed by atoms with Crippen LogP contribution < -0.4 is 5.32 Å². The van der Waals surface area contributed by atoms with E-state index in [0.29, 0.717) is 22.3 Å². The molecule has 1 N–H and O–H groups in total. The molecule has 0 amide bonds. The largest absolute Gasteiger partial charge is 0.380 e. The maximum absolute atomic E-state index is 5.32. The summed E-state index contributed by atoms with van der Waals surface area (Å²) < 4.78 is 5.32. The number of nitrogens with one attached hydrogen (secondary N) is 1. The summed E-state index contributed by atoms with van der Waals surface area (Å²) >= 11 is 0. The molecule has 2 rings (SSSR count). The van der Waals surface area contributed by atoms with Crippen LogP contribution in [-0.2, 0) is 4.74 Å². The lowest BCUT2D eigenvalue weighted by atomic mass is 9.63. The van der Waals surface area contributed by atoms with Gasteiger partial charge in [0.05, 0.1) is 13.2 Å². The van der Waals surface area contributed by atoms with Crippen LogP contribution in [0.15, 0.2) is 0 Å². The van der Waals surface area contributed by atoms with Crippen LogP contribution in [-0.4, -0.2) is 25.8 Å². The molecular formula is C15H29NO. The third kappa shape index (κ3) is 3.45. The zero-order valence-electron chi connectivity index (χ0n) is 12.2. The summed E-state index contributed by atoms with van der Waals surface area (Å²) in [6.07, 6.45) is 3.97. The van der Waals surface area contributed by atoms with E-state index in [-0.39, 0.29) is 0 Å². The van der Waals surface area contributed by atoms with Gasteiger partial charge in [0.2, 0.25) is 0 Å². The second-order valence-electron chi connectivity index (χ2n) is 8.29. The Labute approximate surface area is 107 Å². The maximum atomic E-state index is 5.32. The van der Waals surface area contributed by atoms with E-state index in [4.69, 9.17) is 4.74 Å². The fourth-order valence-corrected chi connectivity index (χ4v) is 3.93. The molecule has 2 heteroatoms. The van der Waals surface area contributed by atoms with Crippen LogP contribution in [0.2, 0.25) is 0 Å². The fourth-order valence-electron chi connectivity index (χ4n) is 3.93. The monoisotopic (exact) mass is 239 g/mol. The van der Waals surface area contributed by atoms with Crippen molar-refractivity contribution in [1.29, 1.82) is 0 Å². The van der Waals surface area contributed by atoms with E-state index in [9.17, 15) is 0 Å². The van der Waals surface area contributed by atoms with Gasteiger partial charge < -0.3 is 10.1 Å². The van der Waals surface area contributed by atoms with Crippen molar-refractivity contribution in [1.82, 2.24) is 5.32 Å². The maximum Gasteiger partial charge on any atom is 0.0554 e. The molecule has 1 aliphatic carbocycles. The van der Waals surface area contributed by atoms with Gasteiger partial charge in [0, 0.05) is 18.0 Å². The Morgan fingerprint density at radius 1 is 1.00 bits per heavy atom. The first-order chi connectivity index (χ1) is 7.70. The lowest BCUT2D eigenvalue weighted by Crippen LogP contribution is -2.52. The van der Waals surface area contributed by atoms with E-state index in [0.717, 1.165) is 19.8 Å². The van der Waals surface area contributed by atoms with Gasteiger partial charge in [-0.15, -0.1) is 0 Å². The molecule has 100 valence electrons. The Bertz CT molecular complexity index is 263. The minimum Gasteiger partial charge on any atom is -0.380 e. The smallest absolute Gasteiger partial charge is 0.0554 e. The third-order valence-electron chi connectivity index (χ3n) is 4.27. The number of rotatable bonds is 3. The molecule has 1 aliphatic heterocycles. The van der Waals surface area contributed by atoms with Gasteiger partial charge in [-0.3, -0.25) is 0 Å². The molecule has 0 aromatic carbocycles. The standard InChI is InChI=1S/C15H29NO/c1-13(2)6-12(7-14(3,4)8-13)16-9-15(5)10-17-11-15/h12,16H,6-11H2,1-5H3. The van der Waals surface area contributed by atoms with E-state index in [1.54, 1.807) is 0 Å². The topological polar surface area (TPSA) is 21.3 Å². The molecule has 0 aromatic rings. The van der Waals surface area contributed by atoms with E-state index in [2.05, 4.69) is 39.9 Å². The van der Waals surface area contributed by atoms with Gasteiger partial charge in [0.1, 0.15) is 0 Å². The van der Waals surface area contributed by atoms with Gasteiger partial charge in [0.25, 0.3) is 0 Å². The highest BCUT2D eigenvalue weighted by Gasteiger charge is 2.40. The summed E-state index contributed by atoms with van der Waals surface area (Å²) in [4.78, 5) is 0. The Kier molecular flexibility index (Phi) is 3.33. The summed E-state index contributed by atoms with van der Waals surface area (Å²) in [7, 11) is 0. The molecule has 2 nitrogen and oxygen atoms in total. The quantitative estimate of drug-likeness (QED) is 0.816. The van der Waals surface area contributed by atoms with Crippen molar-refractivity contribution in [3.8, 4) is 0 Å². The molecule has 0 atom stereocenters. The van der Waals surface area contributed by atoms with Gasteiger partial charge >= 0.3 is 0 Å². The highest BCUT2D eigenvalue weighted by atomic mass is 16.5. The molecule has 1 saturated heterocycles. The van der Waals surface area contributed by atoms with E-state index < -0.39 is 0 Å². The van der Waals surface area contributed by atoms with Crippen LogP contribution in [0.5, 0.6) is 0 Å². The minimum absolute atomic E-state index is 0.395. The Balaban J connectivity index is 1.87. The van der Waals surface area contributed by atoms with E-state index in [1.807, 2.05) is 0 Å². The second-order valence-corrected chi connectivity index (χ2v) is 8.29. The summed E-state index contributed by atoms with van der Waals surface area (Å²) in [5.41, 5.74) is 1.36. The predicted molar refractivity (Wildman–Crippen MR) is 72.1 cm³/mol. The van der Waals surface area contributed by atoms with Gasteiger partial charge in [-0.1, -0.05) is 34.6 Å². The molecule has 1 heterocycles. The number of hydrogen-bond donors (Lipinski definition) is 1. The first kappa shape index (κ1) is 13.4. The molecular weight excluding hydrogens is 210 g/mol. The van der Waals surface area contributed by atoms with Gasteiger partial charge in [0.15, 0.2) is 0 Å². The summed E-state index contributed by atoms with van der Waals surface area (Å²) in [5, 5.41) is 3.80. The first-order valence-electron chi connectivity index (χ1n) is 7.01. The minimum atomic E-state index is 0.395. The SMILES string of the molecule is CC1(C)CC(NCC2(C)COC2)CC(C)(C)C1. The summed E-state index contributed by atoms with van der Waals surface area (Å²) in [6, 6.07) is 0.686. The van der Waals surface area contributed by atoms with Crippen molar-refractivity contribution in [3.05, 3.63) is 0 Å². The molecule has 0 bridgehead atoms. The summed E-state index contributed by atoms with van der Waals surface area (Å²) in [6.45, 7) is 15.0. The number of ether oxygens (including phenoxy) is 1. The van der Waals surface area contributed by atoms with Crippen molar-refractivity contribution in [2.75, 3.05) is 19.8 Å². The Hall–Kier alpha value is -0.0800. The highest BCUT2D eigenvalue weighted by molar-refractivity contribution is 4.94. The van der Waals surface area contributed by atoms with Crippen molar-refractivity contribution >= 4 is 0 Å². The van der Waals surface area contributed by atoms with Crippen LogP contribution in [0.25, 0.3) is 0 Å². The van der Waals surface area contributed by atoms with Gasteiger partial charge in [-0.2, -0.15) is 0 Å². The lowest BCUT2D eigenvalue weighted by Gasteiger charge is -2.47. The normalized spacial score (nSPS) is 30.9. The second kappa shape index (κ2) is 4.24. The Morgan fingerprint density at radius 2 is 1.53 bits per heavy atom. The molecule has 0 aromatic heterocycles. The Morgan fingerprint density at radius 3 is 1.94 bits per heavy atom. The van der Waals surface area contributed by atoms with E-state index in [1.165, 1.54) is 19.3 Å². The zero-order valence-corrected chi connectivity index (χ0v) is 12.2. The van der Waals surface area contributed by atoms with Gasteiger partial charge in [-0.25, -0.2) is 0 Å². The summed E-state index contributed by atoms with van der Waals surface area (Å²) in [5.74, 6) is 0. The molecule has 0 unspecified atom stereocenters. The first-order valence-corrected chi connectivity index (χ1v) is 7.01. The van der Waals surface area contributed by atoms with Gasteiger partial charge in [-0.05, 0) is 30.1 Å². The van der Waals surface area contributed by atoms with Crippen molar-refractivity contribution in [2.24, 2.45) is 16.2 Å². The lowest BCUT2D eigenvalue weighted by molar-refractivity contribution is -0.102. The van der Waals surface area contributed by atoms with E-state index >= 15 is 0 Å². The average molecular weight is 239 g/mol. The third-order valence-corrected chi connectivity index (χ3v) is 4.27.